The molecule has 4 rings (SSSR count). The zero-order valence-electron chi connectivity index (χ0n) is 15.7. The number of likely N-dealkylation sites (tertiary alicyclic amines) is 1. The van der Waals surface area contributed by atoms with Crippen molar-refractivity contribution in [3.8, 4) is 11.4 Å². The van der Waals surface area contributed by atoms with E-state index in [4.69, 9.17) is 0 Å². The molecule has 27 heavy (non-hydrogen) atoms. The summed E-state index contributed by atoms with van der Waals surface area (Å²) in [7, 11) is 0. The molecule has 138 valence electrons. The van der Waals surface area contributed by atoms with Gasteiger partial charge in [0.15, 0.2) is 0 Å². The van der Waals surface area contributed by atoms with Gasteiger partial charge in [-0.25, -0.2) is 4.98 Å². The number of pyridine rings is 2. The Kier molecular flexibility index (Phi) is 4.71. The monoisotopic (exact) mass is 361 g/mol. The van der Waals surface area contributed by atoms with Gasteiger partial charge in [-0.2, -0.15) is 0 Å². The van der Waals surface area contributed by atoms with E-state index >= 15 is 0 Å². The van der Waals surface area contributed by atoms with Gasteiger partial charge in [-0.15, -0.1) is 0 Å². The van der Waals surface area contributed by atoms with Crippen LogP contribution in [0, 0.1) is 13.8 Å². The SMILES string of the molecule is Cc1ccncc1C(=O)N1CCCC(n2c(C)cnc2-c2cccnc2)C1. The van der Waals surface area contributed by atoms with Crippen molar-refractivity contribution in [2.24, 2.45) is 0 Å². The number of aryl methyl sites for hydroxylation is 2. The van der Waals surface area contributed by atoms with Crippen LogP contribution in [0.4, 0.5) is 0 Å². The van der Waals surface area contributed by atoms with E-state index < -0.39 is 0 Å². The highest BCUT2D eigenvalue weighted by Crippen LogP contribution is 2.29. The summed E-state index contributed by atoms with van der Waals surface area (Å²) >= 11 is 0. The van der Waals surface area contributed by atoms with E-state index in [9.17, 15) is 4.79 Å². The molecule has 3 aromatic rings. The molecule has 1 aliphatic heterocycles. The molecule has 6 nitrogen and oxygen atoms in total. The first-order chi connectivity index (χ1) is 13.1. The van der Waals surface area contributed by atoms with Crippen LogP contribution in [-0.2, 0) is 0 Å². The number of hydrogen-bond donors (Lipinski definition) is 0. The van der Waals surface area contributed by atoms with Crippen molar-refractivity contribution in [1.29, 1.82) is 0 Å². The molecule has 1 unspecified atom stereocenters. The maximum absolute atomic E-state index is 13.0. The average Bonchev–Trinajstić information content (AvgIpc) is 3.10. The van der Waals surface area contributed by atoms with E-state index in [1.165, 1.54) is 0 Å². The molecule has 1 amide bonds. The van der Waals surface area contributed by atoms with Crippen LogP contribution in [0.2, 0.25) is 0 Å². The fourth-order valence-corrected chi connectivity index (χ4v) is 3.82. The third-order valence-corrected chi connectivity index (χ3v) is 5.22. The van der Waals surface area contributed by atoms with Gasteiger partial charge in [0.25, 0.3) is 5.91 Å². The maximum atomic E-state index is 13.0. The summed E-state index contributed by atoms with van der Waals surface area (Å²) in [6.07, 6.45) is 10.9. The van der Waals surface area contributed by atoms with Crippen molar-refractivity contribution in [2.75, 3.05) is 13.1 Å². The molecule has 0 saturated carbocycles. The van der Waals surface area contributed by atoms with Crippen molar-refractivity contribution in [2.45, 2.75) is 32.7 Å². The molecule has 0 aromatic carbocycles. The first-order valence-corrected chi connectivity index (χ1v) is 9.29. The summed E-state index contributed by atoms with van der Waals surface area (Å²) in [5.41, 5.74) is 3.75. The maximum Gasteiger partial charge on any atom is 0.255 e. The lowest BCUT2D eigenvalue weighted by Crippen LogP contribution is -2.41. The van der Waals surface area contributed by atoms with E-state index in [1.807, 2.05) is 42.4 Å². The van der Waals surface area contributed by atoms with Gasteiger partial charge in [0.05, 0.1) is 11.6 Å². The molecule has 0 aliphatic carbocycles. The van der Waals surface area contributed by atoms with Gasteiger partial charge in [0, 0.05) is 55.3 Å². The van der Waals surface area contributed by atoms with Crippen LogP contribution in [0.25, 0.3) is 11.4 Å². The first kappa shape index (κ1) is 17.4. The molecule has 3 aromatic heterocycles. The summed E-state index contributed by atoms with van der Waals surface area (Å²) < 4.78 is 2.26. The third-order valence-electron chi connectivity index (χ3n) is 5.22. The van der Waals surface area contributed by atoms with Gasteiger partial charge >= 0.3 is 0 Å². The van der Waals surface area contributed by atoms with Crippen LogP contribution in [0.5, 0.6) is 0 Å². The summed E-state index contributed by atoms with van der Waals surface area (Å²) in [4.78, 5) is 27.9. The quantitative estimate of drug-likeness (QED) is 0.717. The van der Waals surface area contributed by atoms with Crippen molar-refractivity contribution in [1.82, 2.24) is 24.4 Å². The zero-order valence-corrected chi connectivity index (χ0v) is 15.7. The molecule has 1 fully saturated rings. The van der Waals surface area contributed by atoms with E-state index in [2.05, 4.69) is 26.4 Å². The second kappa shape index (κ2) is 7.31. The molecular weight excluding hydrogens is 338 g/mol. The number of carbonyl (C=O) groups is 1. The largest absolute Gasteiger partial charge is 0.337 e. The van der Waals surface area contributed by atoms with E-state index in [0.717, 1.165) is 42.0 Å². The highest BCUT2D eigenvalue weighted by molar-refractivity contribution is 5.95. The molecule has 0 bridgehead atoms. The Bertz CT molecular complexity index is 950. The number of nitrogens with zero attached hydrogens (tertiary/aromatic N) is 5. The van der Waals surface area contributed by atoms with E-state index in [0.29, 0.717) is 12.1 Å². The lowest BCUT2D eigenvalue weighted by Gasteiger charge is -2.35. The summed E-state index contributed by atoms with van der Waals surface area (Å²) in [6.45, 7) is 5.48. The lowest BCUT2D eigenvalue weighted by atomic mass is 10.0. The van der Waals surface area contributed by atoms with Crippen LogP contribution in [0.3, 0.4) is 0 Å². The Morgan fingerprint density at radius 3 is 2.74 bits per heavy atom. The van der Waals surface area contributed by atoms with Gasteiger partial charge in [-0.1, -0.05) is 0 Å². The minimum absolute atomic E-state index is 0.0611. The predicted octanol–water partition coefficient (Wildman–Crippen LogP) is 3.43. The summed E-state index contributed by atoms with van der Waals surface area (Å²) in [5.74, 6) is 0.975. The Balaban J connectivity index is 1.62. The topological polar surface area (TPSA) is 63.9 Å². The minimum atomic E-state index is 0.0611. The van der Waals surface area contributed by atoms with Gasteiger partial charge in [0.1, 0.15) is 5.82 Å². The fourth-order valence-electron chi connectivity index (χ4n) is 3.82. The molecule has 1 atom stereocenters. The van der Waals surface area contributed by atoms with Crippen molar-refractivity contribution in [3.63, 3.8) is 0 Å². The molecule has 6 heteroatoms. The number of rotatable bonds is 3. The second-order valence-electron chi connectivity index (χ2n) is 7.07. The van der Waals surface area contributed by atoms with Gasteiger partial charge in [0.2, 0.25) is 0 Å². The Morgan fingerprint density at radius 2 is 1.96 bits per heavy atom. The predicted molar refractivity (Wildman–Crippen MR) is 103 cm³/mol. The molecule has 0 N–H and O–H groups in total. The van der Waals surface area contributed by atoms with Crippen LogP contribution in [-0.4, -0.2) is 43.4 Å². The molecule has 1 aliphatic rings. The number of piperidine rings is 1. The van der Waals surface area contributed by atoms with E-state index in [-0.39, 0.29) is 11.9 Å². The van der Waals surface area contributed by atoms with Crippen LogP contribution in [0.1, 0.15) is 40.5 Å². The lowest BCUT2D eigenvalue weighted by molar-refractivity contribution is 0.0678. The molecular formula is C21H23N5O. The van der Waals surface area contributed by atoms with Gasteiger partial charge in [-0.3, -0.25) is 14.8 Å². The van der Waals surface area contributed by atoms with Crippen molar-refractivity contribution < 1.29 is 4.79 Å². The van der Waals surface area contributed by atoms with Gasteiger partial charge < -0.3 is 9.47 Å². The van der Waals surface area contributed by atoms with Crippen LogP contribution < -0.4 is 0 Å². The highest BCUT2D eigenvalue weighted by Gasteiger charge is 2.28. The van der Waals surface area contributed by atoms with Crippen molar-refractivity contribution in [3.05, 3.63) is 66.0 Å². The normalized spacial score (nSPS) is 17.1. The average molecular weight is 361 g/mol. The van der Waals surface area contributed by atoms with E-state index in [1.54, 1.807) is 18.6 Å². The molecule has 4 heterocycles. The Labute approximate surface area is 158 Å². The van der Waals surface area contributed by atoms with Crippen molar-refractivity contribution >= 4 is 5.91 Å². The fraction of sp³-hybridized carbons (Fsp3) is 0.333. The third kappa shape index (κ3) is 3.35. The second-order valence-corrected chi connectivity index (χ2v) is 7.07. The first-order valence-electron chi connectivity index (χ1n) is 9.29. The van der Waals surface area contributed by atoms with Gasteiger partial charge in [-0.05, 0) is 50.5 Å². The smallest absolute Gasteiger partial charge is 0.255 e. The Morgan fingerprint density at radius 1 is 1.11 bits per heavy atom. The minimum Gasteiger partial charge on any atom is -0.337 e. The van der Waals surface area contributed by atoms with Crippen LogP contribution >= 0.6 is 0 Å². The Hall–Kier alpha value is -3.02. The number of carbonyl (C=O) groups excluding carboxylic acids is 1. The summed E-state index contributed by atoms with van der Waals surface area (Å²) in [6, 6.07) is 6.04. The zero-order chi connectivity index (χ0) is 18.8. The van der Waals surface area contributed by atoms with Crippen LogP contribution in [0.15, 0.2) is 49.2 Å². The highest BCUT2D eigenvalue weighted by atomic mass is 16.2. The summed E-state index contributed by atoms with van der Waals surface area (Å²) in [5, 5.41) is 0. The molecule has 0 radical (unpaired) electrons. The number of amides is 1. The standard InChI is InChI=1S/C21H23N5O/c1-15-7-9-23-13-19(15)21(27)25-10-4-6-18(14-25)26-16(2)11-24-20(26)17-5-3-8-22-12-17/h3,5,7-9,11-13,18H,4,6,10,14H2,1-2H3. The number of hydrogen-bond acceptors (Lipinski definition) is 4. The number of imidazole rings is 1. The number of aromatic nitrogens is 4. The molecule has 0 spiro atoms. The molecule has 1 saturated heterocycles.